The number of ether oxygens (including phenoxy) is 1. The maximum absolute atomic E-state index is 15.1. The molecule has 0 saturated carbocycles. The van der Waals surface area contributed by atoms with Gasteiger partial charge in [0.2, 0.25) is 0 Å². The molecule has 37 heavy (non-hydrogen) atoms. The fourth-order valence-corrected chi connectivity index (χ4v) is 4.42. The summed E-state index contributed by atoms with van der Waals surface area (Å²) in [6.07, 6.45) is 5.87. The zero-order chi connectivity index (χ0) is 26.1. The molecule has 0 radical (unpaired) electrons. The van der Waals surface area contributed by atoms with Crippen molar-refractivity contribution < 1.29 is 13.5 Å². The fraction of sp³-hybridized carbons (Fsp3) is 0.214. The maximum atomic E-state index is 15.1. The lowest BCUT2D eigenvalue weighted by molar-refractivity contribution is 0.300. The highest BCUT2D eigenvalue weighted by molar-refractivity contribution is 5.91. The van der Waals surface area contributed by atoms with Crippen molar-refractivity contribution >= 4 is 10.9 Å². The van der Waals surface area contributed by atoms with E-state index < -0.39 is 11.6 Å². The highest BCUT2D eigenvalue weighted by Crippen LogP contribution is 2.30. The van der Waals surface area contributed by atoms with Gasteiger partial charge in [-0.3, -0.25) is 9.78 Å². The molecule has 0 unspecified atom stereocenters. The third kappa shape index (κ3) is 4.72. The first-order valence-electron chi connectivity index (χ1n) is 11.9. The molecule has 5 rings (SSSR count). The van der Waals surface area contributed by atoms with Gasteiger partial charge >= 0.3 is 0 Å². The van der Waals surface area contributed by atoms with Gasteiger partial charge in [-0.1, -0.05) is 25.1 Å². The molecule has 0 bridgehead atoms. The molecule has 0 spiro atoms. The second-order valence-electron chi connectivity index (χ2n) is 8.81. The summed E-state index contributed by atoms with van der Waals surface area (Å²) in [7, 11) is 0. The summed E-state index contributed by atoms with van der Waals surface area (Å²) in [6.45, 7) is 5.60. The van der Waals surface area contributed by atoms with E-state index in [1.165, 1.54) is 17.1 Å². The number of aromatic nitrogens is 5. The lowest BCUT2D eigenvalue weighted by Crippen LogP contribution is -2.23. The average molecular weight is 502 g/mol. The summed E-state index contributed by atoms with van der Waals surface area (Å²) in [5, 5.41) is 4.79. The van der Waals surface area contributed by atoms with Gasteiger partial charge in [-0.15, -0.1) is 0 Å². The number of pyridine rings is 3. The Labute approximate surface area is 212 Å². The van der Waals surface area contributed by atoms with Gasteiger partial charge in [-0.25, -0.2) is 18.4 Å². The van der Waals surface area contributed by atoms with Crippen LogP contribution in [0.3, 0.4) is 0 Å². The van der Waals surface area contributed by atoms with Crippen LogP contribution in [0.15, 0.2) is 66.0 Å². The van der Waals surface area contributed by atoms with Crippen molar-refractivity contribution in [1.82, 2.24) is 24.3 Å². The molecule has 4 aromatic heterocycles. The number of aryl methyl sites for hydroxylation is 3. The molecule has 0 saturated heterocycles. The van der Waals surface area contributed by atoms with Crippen LogP contribution in [0.1, 0.15) is 35.0 Å². The van der Waals surface area contributed by atoms with Crippen molar-refractivity contribution in [1.29, 1.82) is 0 Å². The molecule has 0 aliphatic rings. The van der Waals surface area contributed by atoms with Crippen LogP contribution in [0, 0.1) is 25.5 Å². The number of halogens is 2. The molecule has 0 N–H and O–H groups in total. The minimum Gasteiger partial charge on any atom is -0.486 e. The van der Waals surface area contributed by atoms with Crippen LogP contribution in [0.5, 0.6) is 5.75 Å². The molecule has 9 heteroatoms. The van der Waals surface area contributed by atoms with Crippen LogP contribution in [0.25, 0.3) is 16.6 Å². The van der Waals surface area contributed by atoms with Gasteiger partial charge in [-0.05, 0) is 38.5 Å². The Morgan fingerprint density at radius 3 is 2.65 bits per heavy atom. The Balaban J connectivity index is 1.55. The van der Waals surface area contributed by atoms with E-state index in [1.54, 1.807) is 42.0 Å². The summed E-state index contributed by atoms with van der Waals surface area (Å²) < 4.78 is 37.9. The number of benzene rings is 1. The molecule has 0 aliphatic heterocycles. The Bertz CT molecular complexity index is 1680. The molecule has 4 heterocycles. The fourth-order valence-electron chi connectivity index (χ4n) is 4.42. The van der Waals surface area contributed by atoms with Crippen LogP contribution in [0.2, 0.25) is 0 Å². The van der Waals surface area contributed by atoms with Crippen LogP contribution < -0.4 is 10.3 Å². The molecule has 1 aromatic carbocycles. The zero-order valence-electron chi connectivity index (χ0n) is 20.7. The zero-order valence-corrected chi connectivity index (χ0v) is 20.7. The first-order valence-corrected chi connectivity index (χ1v) is 11.9. The van der Waals surface area contributed by atoms with Crippen LogP contribution in [-0.2, 0) is 19.6 Å². The minimum absolute atomic E-state index is 0.0856. The van der Waals surface area contributed by atoms with Crippen molar-refractivity contribution in [3.63, 3.8) is 0 Å². The monoisotopic (exact) mass is 501 g/mol. The van der Waals surface area contributed by atoms with E-state index in [2.05, 4.69) is 15.1 Å². The number of nitrogens with zero attached hydrogens (tertiary/aromatic N) is 5. The topological polar surface area (TPSA) is 74.8 Å². The molecule has 0 aliphatic carbocycles. The maximum Gasteiger partial charge on any atom is 0.253 e. The Hall–Kier alpha value is -4.40. The number of para-hydroxylation sites is 1. The lowest BCUT2D eigenvalue weighted by Gasteiger charge is -2.17. The van der Waals surface area contributed by atoms with Crippen molar-refractivity contribution in [2.45, 2.75) is 40.3 Å². The van der Waals surface area contributed by atoms with E-state index in [0.29, 0.717) is 56.8 Å². The molecule has 7 nitrogen and oxygen atoms in total. The van der Waals surface area contributed by atoms with Gasteiger partial charge in [-0.2, -0.15) is 5.10 Å². The largest absolute Gasteiger partial charge is 0.486 e. The minimum atomic E-state index is -0.509. The lowest BCUT2D eigenvalue weighted by atomic mass is 10.0. The Kier molecular flexibility index (Phi) is 6.52. The Morgan fingerprint density at radius 2 is 1.89 bits per heavy atom. The third-order valence-electron chi connectivity index (χ3n) is 6.29. The van der Waals surface area contributed by atoms with Crippen molar-refractivity contribution in [2.24, 2.45) is 0 Å². The molecule has 5 aromatic rings. The van der Waals surface area contributed by atoms with E-state index in [9.17, 15) is 9.18 Å². The normalized spacial score (nSPS) is 11.3. The number of fused-ring (bicyclic) bond motifs is 1. The number of hydrogen-bond acceptors (Lipinski definition) is 5. The smallest absolute Gasteiger partial charge is 0.253 e. The molecule has 0 atom stereocenters. The third-order valence-corrected chi connectivity index (χ3v) is 6.29. The van der Waals surface area contributed by atoms with Crippen LogP contribution >= 0.6 is 0 Å². The van der Waals surface area contributed by atoms with Crippen molar-refractivity contribution in [2.75, 3.05) is 0 Å². The predicted octanol–water partition coefficient (Wildman–Crippen LogP) is 5.06. The van der Waals surface area contributed by atoms with E-state index in [-0.39, 0.29) is 18.7 Å². The first kappa shape index (κ1) is 24.3. The highest BCUT2D eigenvalue weighted by Gasteiger charge is 2.18. The van der Waals surface area contributed by atoms with Gasteiger partial charge in [0, 0.05) is 39.7 Å². The molecular formula is C28H25F2N5O2. The number of hydrogen-bond donors (Lipinski definition) is 0. The predicted molar refractivity (Wildman–Crippen MR) is 136 cm³/mol. The van der Waals surface area contributed by atoms with Gasteiger partial charge in [0.25, 0.3) is 5.56 Å². The molecule has 188 valence electrons. The van der Waals surface area contributed by atoms with E-state index in [1.807, 2.05) is 26.0 Å². The van der Waals surface area contributed by atoms with Gasteiger partial charge < -0.3 is 9.30 Å². The van der Waals surface area contributed by atoms with Gasteiger partial charge in [0.05, 0.1) is 30.8 Å². The van der Waals surface area contributed by atoms with Crippen molar-refractivity contribution in [3.05, 3.63) is 111 Å². The van der Waals surface area contributed by atoms with Crippen LogP contribution in [-0.4, -0.2) is 24.3 Å². The van der Waals surface area contributed by atoms with E-state index in [0.717, 1.165) is 6.20 Å². The SMILES string of the molecule is CCc1ncc(F)c(COc2cccc3c(-n4cc(F)cn4)cc(C)nc23)c1Cn1cccc(C)c1=O. The van der Waals surface area contributed by atoms with Crippen molar-refractivity contribution in [3.8, 4) is 11.4 Å². The quantitative estimate of drug-likeness (QED) is 0.312. The van der Waals surface area contributed by atoms with E-state index in [4.69, 9.17) is 4.74 Å². The summed E-state index contributed by atoms with van der Waals surface area (Å²) in [4.78, 5) is 21.6. The van der Waals surface area contributed by atoms with E-state index >= 15 is 4.39 Å². The van der Waals surface area contributed by atoms with Crippen LogP contribution in [0.4, 0.5) is 8.78 Å². The second kappa shape index (κ2) is 9.93. The average Bonchev–Trinajstić information content (AvgIpc) is 3.32. The number of rotatable bonds is 7. The van der Waals surface area contributed by atoms with Gasteiger partial charge in [0.15, 0.2) is 5.82 Å². The molecule has 0 amide bonds. The standard InChI is InChI=1S/C28H25F2N5O2/c1-4-24-21(15-34-10-6-7-17(2)28(34)36)22(23(30)13-31-24)16-37-26-9-5-8-20-25(11-18(3)33-27(20)26)35-14-19(29)12-32-35/h5-14H,4,15-16H2,1-3H3. The second-order valence-corrected chi connectivity index (χ2v) is 8.81. The molecular weight excluding hydrogens is 476 g/mol. The molecule has 0 fully saturated rings. The Morgan fingerprint density at radius 1 is 1.05 bits per heavy atom. The summed E-state index contributed by atoms with van der Waals surface area (Å²) >= 11 is 0. The van der Waals surface area contributed by atoms with Gasteiger partial charge in [0.1, 0.15) is 23.7 Å². The summed E-state index contributed by atoms with van der Waals surface area (Å²) in [6, 6.07) is 10.7. The first-order chi connectivity index (χ1) is 17.9. The summed E-state index contributed by atoms with van der Waals surface area (Å²) in [5.41, 5.74) is 4.01. The summed E-state index contributed by atoms with van der Waals surface area (Å²) in [5.74, 6) is -0.511. The highest BCUT2D eigenvalue weighted by atomic mass is 19.1.